The molecule has 1 heterocycles. The maximum Gasteiger partial charge on any atom is 0.416 e. The highest BCUT2D eigenvalue weighted by atomic mass is 19.4. The first kappa shape index (κ1) is 24.5. The average molecular weight is 494 g/mol. The maximum atomic E-state index is 13.2. The van der Waals surface area contributed by atoms with Crippen LogP contribution in [0.2, 0.25) is 0 Å². The monoisotopic (exact) mass is 494 g/mol. The Balaban J connectivity index is 1.48. The van der Waals surface area contributed by atoms with E-state index in [0.717, 1.165) is 23.0 Å². The number of carbonyl (C=O) groups is 2. The number of nitrogens with zero attached hydrogens (tertiary/aromatic N) is 2. The van der Waals surface area contributed by atoms with Gasteiger partial charge in [0.25, 0.3) is 0 Å². The van der Waals surface area contributed by atoms with Crippen LogP contribution in [-0.4, -0.2) is 30.9 Å². The molecule has 1 aromatic heterocycles. The van der Waals surface area contributed by atoms with Crippen LogP contribution in [0.3, 0.4) is 0 Å². The Morgan fingerprint density at radius 3 is 2.31 bits per heavy atom. The van der Waals surface area contributed by atoms with Crippen molar-refractivity contribution in [3.05, 3.63) is 84.6 Å². The highest BCUT2D eigenvalue weighted by Crippen LogP contribution is 2.34. The molecule has 0 radical (unpaired) electrons. The van der Waals surface area contributed by atoms with Gasteiger partial charge in [-0.3, -0.25) is 14.6 Å². The molecule has 0 aliphatic heterocycles. The zero-order chi connectivity index (χ0) is 25.9. The van der Waals surface area contributed by atoms with Crippen LogP contribution in [0.1, 0.15) is 5.56 Å². The number of hydrogen-bond donors (Lipinski definition) is 2. The lowest BCUT2D eigenvalue weighted by Crippen LogP contribution is -2.29. The molecule has 2 amide bonds. The number of nitrogens with one attached hydrogen (secondary N) is 2. The standard InChI is InChI=1S/C26H21F3N4O3/c1-33(2)19-13-16(26(27,28)29)12-18(14-19)32-25(35)24(34)31-17-6-5-7-20(15-17)36-23-10-11-30-22-9-4-3-8-21(22)23/h3-15H,1-2H3,(H,31,34)(H,32,35). The summed E-state index contributed by atoms with van der Waals surface area (Å²) in [5.74, 6) is -1.21. The number of alkyl halides is 3. The zero-order valence-electron chi connectivity index (χ0n) is 19.3. The van der Waals surface area contributed by atoms with Gasteiger partial charge in [0.15, 0.2) is 0 Å². The molecule has 36 heavy (non-hydrogen) atoms. The van der Waals surface area contributed by atoms with Crippen LogP contribution in [0, 0.1) is 0 Å². The minimum atomic E-state index is -4.62. The number of para-hydroxylation sites is 1. The van der Waals surface area contributed by atoms with E-state index in [1.807, 2.05) is 24.3 Å². The number of halogens is 3. The van der Waals surface area contributed by atoms with E-state index in [0.29, 0.717) is 11.5 Å². The summed E-state index contributed by atoms with van der Waals surface area (Å²) in [4.78, 5) is 30.6. The van der Waals surface area contributed by atoms with E-state index in [9.17, 15) is 22.8 Å². The summed E-state index contributed by atoms with van der Waals surface area (Å²) in [6.45, 7) is 0. The maximum absolute atomic E-state index is 13.2. The molecule has 4 aromatic rings. The van der Waals surface area contributed by atoms with E-state index in [1.165, 1.54) is 17.0 Å². The summed E-state index contributed by atoms with van der Waals surface area (Å²) in [6, 6.07) is 18.6. The molecule has 184 valence electrons. The van der Waals surface area contributed by atoms with Crippen molar-refractivity contribution < 1.29 is 27.5 Å². The van der Waals surface area contributed by atoms with Gasteiger partial charge in [-0.05, 0) is 48.5 Å². The van der Waals surface area contributed by atoms with Crippen LogP contribution in [-0.2, 0) is 15.8 Å². The molecule has 7 nitrogen and oxygen atoms in total. The number of amides is 2. The highest BCUT2D eigenvalue weighted by Gasteiger charge is 2.31. The van der Waals surface area contributed by atoms with Gasteiger partial charge in [0.05, 0.1) is 11.1 Å². The van der Waals surface area contributed by atoms with Gasteiger partial charge in [-0.2, -0.15) is 13.2 Å². The molecule has 0 bridgehead atoms. The third kappa shape index (κ3) is 5.72. The molecule has 4 rings (SSSR count). The topological polar surface area (TPSA) is 83.6 Å². The van der Waals surface area contributed by atoms with Crippen molar-refractivity contribution in [1.29, 1.82) is 0 Å². The lowest BCUT2D eigenvalue weighted by molar-refractivity contribution is -0.137. The van der Waals surface area contributed by atoms with E-state index in [2.05, 4.69) is 15.6 Å². The second kappa shape index (κ2) is 9.95. The van der Waals surface area contributed by atoms with Gasteiger partial charge in [-0.25, -0.2) is 0 Å². The Bertz CT molecular complexity index is 1430. The Kier molecular flexibility index (Phi) is 6.77. The Morgan fingerprint density at radius 1 is 0.861 bits per heavy atom. The van der Waals surface area contributed by atoms with Crippen LogP contribution in [0.4, 0.5) is 30.2 Å². The molecule has 3 aromatic carbocycles. The summed E-state index contributed by atoms with van der Waals surface area (Å²) < 4.78 is 45.7. The summed E-state index contributed by atoms with van der Waals surface area (Å²) >= 11 is 0. The van der Waals surface area contributed by atoms with Crippen molar-refractivity contribution in [1.82, 2.24) is 4.98 Å². The molecule has 0 fully saturated rings. The van der Waals surface area contributed by atoms with Crippen molar-refractivity contribution in [3.8, 4) is 11.5 Å². The normalized spacial score (nSPS) is 11.1. The van der Waals surface area contributed by atoms with Crippen molar-refractivity contribution in [2.75, 3.05) is 29.6 Å². The fourth-order valence-corrected chi connectivity index (χ4v) is 3.40. The molecular formula is C26H21F3N4O3. The number of carbonyl (C=O) groups excluding carboxylic acids is 2. The van der Waals surface area contributed by atoms with Crippen molar-refractivity contribution in [3.63, 3.8) is 0 Å². The second-order valence-corrected chi connectivity index (χ2v) is 8.03. The van der Waals surface area contributed by atoms with Crippen LogP contribution in [0.15, 0.2) is 79.0 Å². The number of ether oxygens (including phenoxy) is 1. The molecule has 0 saturated carbocycles. The number of anilines is 3. The largest absolute Gasteiger partial charge is 0.457 e. The Morgan fingerprint density at radius 2 is 1.58 bits per heavy atom. The number of pyridine rings is 1. The van der Waals surface area contributed by atoms with Gasteiger partial charge in [-0.15, -0.1) is 0 Å². The SMILES string of the molecule is CN(C)c1cc(NC(=O)C(=O)Nc2cccc(Oc3ccnc4ccccc34)c2)cc(C(F)(F)F)c1. The minimum absolute atomic E-state index is 0.157. The van der Waals surface area contributed by atoms with Crippen LogP contribution in [0.5, 0.6) is 11.5 Å². The lowest BCUT2D eigenvalue weighted by atomic mass is 10.1. The van der Waals surface area contributed by atoms with E-state index in [1.54, 1.807) is 44.6 Å². The summed E-state index contributed by atoms with van der Waals surface area (Å²) in [5.41, 5.74) is 0.134. The number of aromatic nitrogens is 1. The van der Waals surface area contributed by atoms with E-state index in [-0.39, 0.29) is 17.1 Å². The Labute approximate surface area is 204 Å². The number of benzene rings is 3. The van der Waals surface area contributed by atoms with Crippen molar-refractivity contribution in [2.24, 2.45) is 0 Å². The molecule has 0 saturated heterocycles. The molecule has 0 atom stereocenters. The van der Waals surface area contributed by atoms with Crippen LogP contribution >= 0.6 is 0 Å². The smallest absolute Gasteiger partial charge is 0.416 e. The number of rotatable bonds is 5. The lowest BCUT2D eigenvalue weighted by Gasteiger charge is -2.17. The molecule has 0 unspecified atom stereocenters. The highest BCUT2D eigenvalue weighted by molar-refractivity contribution is 6.43. The first-order chi connectivity index (χ1) is 17.1. The van der Waals surface area contributed by atoms with Gasteiger partial charge < -0.3 is 20.3 Å². The summed E-state index contributed by atoms with van der Waals surface area (Å²) in [5, 5.41) is 5.46. The van der Waals surface area contributed by atoms with Crippen LogP contribution in [0.25, 0.3) is 10.9 Å². The third-order valence-corrected chi connectivity index (χ3v) is 5.15. The van der Waals surface area contributed by atoms with Gasteiger partial charge in [0.1, 0.15) is 11.5 Å². The summed E-state index contributed by atoms with van der Waals surface area (Å²) in [7, 11) is 3.13. The first-order valence-electron chi connectivity index (χ1n) is 10.7. The number of fused-ring (bicyclic) bond motifs is 1. The predicted molar refractivity (Wildman–Crippen MR) is 131 cm³/mol. The predicted octanol–water partition coefficient (Wildman–Crippen LogP) is 5.69. The van der Waals surface area contributed by atoms with Crippen molar-refractivity contribution in [2.45, 2.75) is 6.18 Å². The van der Waals surface area contributed by atoms with Crippen LogP contribution < -0.4 is 20.3 Å². The molecule has 10 heteroatoms. The fraction of sp³-hybridized carbons (Fsp3) is 0.115. The molecule has 0 spiro atoms. The van der Waals surface area contributed by atoms with E-state index < -0.39 is 23.6 Å². The first-order valence-corrected chi connectivity index (χ1v) is 10.7. The zero-order valence-corrected chi connectivity index (χ0v) is 19.3. The average Bonchev–Trinajstić information content (AvgIpc) is 2.83. The molecular weight excluding hydrogens is 473 g/mol. The third-order valence-electron chi connectivity index (χ3n) is 5.15. The molecule has 0 aliphatic rings. The van der Waals surface area contributed by atoms with Gasteiger partial charge >= 0.3 is 18.0 Å². The number of hydrogen-bond acceptors (Lipinski definition) is 5. The van der Waals surface area contributed by atoms with Crippen molar-refractivity contribution >= 4 is 39.8 Å². The summed E-state index contributed by atoms with van der Waals surface area (Å²) in [6.07, 6.45) is -3.00. The quantitative estimate of drug-likeness (QED) is 0.349. The van der Waals surface area contributed by atoms with E-state index in [4.69, 9.17) is 4.74 Å². The Hall–Kier alpha value is -4.60. The second-order valence-electron chi connectivity index (χ2n) is 8.03. The van der Waals surface area contributed by atoms with Gasteiger partial charge in [0, 0.05) is 48.8 Å². The van der Waals surface area contributed by atoms with Gasteiger partial charge in [-0.1, -0.05) is 18.2 Å². The van der Waals surface area contributed by atoms with E-state index >= 15 is 0 Å². The molecule has 2 N–H and O–H groups in total. The minimum Gasteiger partial charge on any atom is -0.457 e. The molecule has 0 aliphatic carbocycles. The van der Waals surface area contributed by atoms with Gasteiger partial charge in [0.2, 0.25) is 0 Å². The fourth-order valence-electron chi connectivity index (χ4n) is 3.40.